The van der Waals surface area contributed by atoms with Gasteiger partial charge in [0.05, 0.1) is 30.2 Å². The summed E-state index contributed by atoms with van der Waals surface area (Å²) < 4.78 is 10.2. The number of amides is 3. The number of allylic oxidation sites excluding steroid dienone is 2. The summed E-state index contributed by atoms with van der Waals surface area (Å²) in [4.78, 5) is 51.8. The zero-order chi connectivity index (χ0) is 23.1. The highest BCUT2D eigenvalue weighted by Crippen LogP contribution is 2.53. The second kappa shape index (κ2) is 8.20. The van der Waals surface area contributed by atoms with E-state index in [4.69, 9.17) is 9.47 Å². The number of imide groups is 1. The third-order valence-electron chi connectivity index (χ3n) is 6.52. The third-order valence-corrected chi connectivity index (χ3v) is 6.52. The van der Waals surface area contributed by atoms with Crippen molar-refractivity contribution < 1.29 is 28.7 Å². The van der Waals surface area contributed by atoms with Crippen molar-refractivity contribution in [2.75, 3.05) is 23.9 Å². The Kier molecular flexibility index (Phi) is 5.20. The average Bonchev–Trinajstić information content (AvgIpc) is 3.51. The maximum absolute atomic E-state index is 13.0. The molecular formula is C25H22N2O6. The van der Waals surface area contributed by atoms with Crippen molar-refractivity contribution >= 4 is 35.1 Å². The predicted molar refractivity (Wildman–Crippen MR) is 119 cm³/mol. The van der Waals surface area contributed by atoms with E-state index in [0.29, 0.717) is 17.1 Å². The van der Waals surface area contributed by atoms with Gasteiger partial charge < -0.3 is 14.8 Å². The van der Waals surface area contributed by atoms with E-state index in [9.17, 15) is 19.2 Å². The van der Waals surface area contributed by atoms with Gasteiger partial charge in [-0.2, -0.15) is 0 Å². The molecule has 0 aromatic heterocycles. The van der Waals surface area contributed by atoms with Gasteiger partial charge in [-0.15, -0.1) is 0 Å². The van der Waals surface area contributed by atoms with Crippen LogP contribution < -0.4 is 15.0 Å². The summed E-state index contributed by atoms with van der Waals surface area (Å²) >= 11 is 0. The molecule has 2 aliphatic carbocycles. The van der Waals surface area contributed by atoms with Crippen LogP contribution in [0.1, 0.15) is 16.8 Å². The minimum absolute atomic E-state index is 0.110. The molecule has 1 heterocycles. The van der Waals surface area contributed by atoms with E-state index < -0.39 is 18.5 Å². The summed E-state index contributed by atoms with van der Waals surface area (Å²) in [6.07, 6.45) is 4.92. The number of rotatable bonds is 6. The monoisotopic (exact) mass is 446 g/mol. The summed E-state index contributed by atoms with van der Waals surface area (Å²) in [5.41, 5.74) is 1.04. The molecule has 1 saturated heterocycles. The Morgan fingerprint density at radius 3 is 2.30 bits per heavy atom. The molecular weight excluding hydrogens is 424 g/mol. The third kappa shape index (κ3) is 3.67. The molecule has 0 spiro atoms. The van der Waals surface area contributed by atoms with Crippen LogP contribution in [-0.2, 0) is 19.1 Å². The summed E-state index contributed by atoms with van der Waals surface area (Å²) in [5, 5.41) is 2.63. The SMILES string of the molecule is COc1ccc(NC(=O)COC(=O)c2cccc(N3C(=O)[C@@H]4[C@@H](C3=O)[C@H]3C=C[C@H]4C3)c2)cc1. The topological polar surface area (TPSA) is 102 Å². The van der Waals surface area contributed by atoms with Crippen LogP contribution in [0.4, 0.5) is 11.4 Å². The van der Waals surface area contributed by atoms with Gasteiger partial charge in [-0.3, -0.25) is 14.4 Å². The van der Waals surface area contributed by atoms with Gasteiger partial charge in [0.2, 0.25) is 11.8 Å². The molecule has 1 aliphatic heterocycles. The average molecular weight is 446 g/mol. The van der Waals surface area contributed by atoms with Gasteiger partial charge in [0, 0.05) is 5.69 Å². The van der Waals surface area contributed by atoms with E-state index in [2.05, 4.69) is 5.32 Å². The molecule has 8 heteroatoms. The lowest BCUT2D eigenvalue weighted by atomic mass is 9.85. The van der Waals surface area contributed by atoms with Crippen LogP contribution in [-0.4, -0.2) is 37.4 Å². The van der Waals surface area contributed by atoms with Gasteiger partial charge in [-0.05, 0) is 60.7 Å². The van der Waals surface area contributed by atoms with Crippen LogP contribution in [0.2, 0.25) is 0 Å². The lowest BCUT2D eigenvalue weighted by molar-refractivity contribution is -0.123. The Balaban J connectivity index is 1.23. The highest BCUT2D eigenvalue weighted by Gasteiger charge is 2.59. The summed E-state index contributed by atoms with van der Waals surface area (Å²) in [7, 11) is 1.55. The van der Waals surface area contributed by atoms with Crippen LogP contribution in [0.3, 0.4) is 0 Å². The lowest BCUT2D eigenvalue weighted by Gasteiger charge is -2.18. The Hall–Kier alpha value is -3.94. The molecule has 0 radical (unpaired) electrons. The van der Waals surface area contributed by atoms with E-state index >= 15 is 0 Å². The van der Waals surface area contributed by atoms with Crippen LogP contribution in [0.15, 0.2) is 60.7 Å². The molecule has 5 rings (SSSR count). The van der Waals surface area contributed by atoms with Gasteiger partial charge in [-0.25, -0.2) is 9.69 Å². The molecule has 2 fully saturated rings. The molecule has 8 nitrogen and oxygen atoms in total. The maximum atomic E-state index is 13.0. The Morgan fingerprint density at radius 1 is 1.00 bits per heavy atom. The van der Waals surface area contributed by atoms with Crippen molar-refractivity contribution in [3.63, 3.8) is 0 Å². The first-order chi connectivity index (χ1) is 16.0. The van der Waals surface area contributed by atoms with E-state index in [1.54, 1.807) is 43.5 Å². The highest BCUT2D eigenvalue weighted by atomic mass is 16.5. The molecule has 2 bridgehead atoms. The Bertz CT molecular complexity index is 1140. The summed E-state index contributed by atoms with van der Waals surface area (Å²) in [6.45, 7) is -0.476. The van der Waals surface area contributed by atoms with E-state index in [-0.39, 0.29) is 41.0 Å². The standard InChI is InChI=1S/C25H22N2O6/c1-32-19-9-7-17(8-10-19)26-20(28)13-33-25(31)16-3-2-4-18(12-16)27-23(29)21-14-5-6-15(11-14)22(21)24(27)30/h2-10,12,14-15,21-22H,11,13H2,1H3,(H,26,28)/t14-,15-,21-,22-/m0/s1. The minimum atomic E-state index is -0.720. The van der Waals surface area contributed by atoms with Crippen molar-refractivity contribution in [1.82, 2.24) is 0 Å². The fraction of sp³-hybridized carbons (Fsp3) is 0.280. The summed E-state index contributed by atoms with van der Waals surface area (Å²) in [6, 6.07) is 12.9. The van der Waals surface area contributed by atoms with Gasteiger partial charge in [-0.1, -0.05) is 18.2 Å². The quantitative estimate of drug-likeness (QED) is 0.416. The normalized spacial score (nSPS) is 24.7. The van der Waals surface area contributed by atoms with Crippen LogP contribution >= 0.6 is 0 Å². The van der Waals surface area contributed by atoms with Gasteiger partial charge in [0.1, 0.15) is 5.75 Å². The fourth-order valence-corrected chi connectivity index (χ4v) is 5.01. The first kappa shape index (κ1) is 20.9. The smallest absolute Gasteiger partial charge is 0.338 e. The second-order valence-electron chi connectivity index (χ2n) is 8.41. The first-order valence-electron chi connectivity index (χ1n) is 10.7. The number of carbonyl (C=O) groups excluding carboxylic acids is 4. The number of ether oxygens (including phenoxy) is 2. The van der Waals surface area contributed by atoms with E-state index in [1.807, 2.05) is 12.2 Å². The van der Waals surface area contributed by atoms with Gasteiger partial charge in [0.15, 0.2) is 6.61 Å². The van der Waals surface area contributed by atoms with Crippen molar-refractivity contribution in [2.24, 2.45) is 23.7 Å². The number of nitrogens with one attached hydrogen (secondary N) is 1. The molecule has 168 valence electrons. The molecule has 0 unspecified atom stereocenters. The molecule has 1 saturated carbocycles. The summed E-state index contributed by atoms with van der Waals surface area (Å²) in [5.74, 6) is -1.40. The van der Waals surface area contributed by atoms with Crippen molar-refractivity contribution in [1.29, 1.82) is 0 Å². The Morgan fingerprint density at radius 2 is 1.67 bits per heavy atom. The fourth-order valence-electron chi connectivity index (χ4n) is 5.01. The van der Waals surface area contributed by atoms with Gasteiger partial charge in [0.25, 0.3) is 5.91 Å². The zero-order valence-electron chi connectivity index (χ0n) is 17.9. The second-order valence-corrected chi connectivity index (χ2v) is 8.41. The van der Waals surface area contributed by atoms with Crippen LogP contribution in [0.25, 0.3) is 0 Å². The largest absolute Gasteiger partial charge is 0.497 e. The molecule has 2 aromatic carbocycles. The molecule has 3 aliphatic rings. The number of hydrogen-bond acceptors (Lipinski definition) is 6. The maximum Gasteiger partial charge on any atom is 0.338 e. The van der Waals surface area contributed by atoms with E-state index in [1.165, 1.54) is 17.0 Å². The number of nitrogens with zero attached hydrogens (tertiary/aromatic N) is 1. The number of methoxy groups -OCH3 is 1. The molecule has 33 heavy (non-hydrogen) atoms. The molecule has 4 atom stereocenters. The first-order valence-corrected chi connectivity index (χ1v) is 10.7. The molecule has 1 N–H and O–H groups in total. The van der Waals surface area contributed by atoms with Crippen LogP contribution in [0.5, 0.6) is 5.75 Å². The number of anilines is 2. The van der Waals surface area contributed by atoms with Crippen molar-refractivity contribution in [2.45, 2.75) is 6.42 Å². The number of hydrogen-bond donors (Lipinski definition) is 1. The van der Waals surface area contributed by atoms with E-state index in [0.717, 1.165) is 6.42 Å². The van der Waals surface area contributed by atoms with Gasteiger partial charge >= 0.3 is 5.97 Å². The molecule has 2 aromatic rings. The molecule has 3 amide bonds. The zero-order valence-corrected chi connectivity index (χ0v) is 17.9. The number of esters is 1. The number of fused-ring (bicyclic) bond motifs is 5. The predicted octanol–water partition coefficient (Wildman–Crippen LogP) is 2.80. The number of benzene rings is 2. The Labute approximate surface area is 190 Å². The highest BCUT2D eigenvalue weighted by molar-refractivity contribution is 6.23. The lowest BCUT2D eigenvalue weighted by Crippen LogP contribution is -2.33. The minimum Gasteiger partial charge on any atom is -0.497 e. The van der Waals surface area contributed by atoms with Crippen LogP contribution in [0, 0.1) is 23.7 Å². The van der Waals surface area contributed by atoms with Crippen molar-refractivity contribution in [3.05, 3.63) is 66.2 Å². The number of carbonyl (C=O) groups is 4. The van der Waals surface area contributed by atoms with Crippen molar-refractivity contribution in [3.8, 4) is 5.75 Å².